The van der Waals surface area contributed by atoms with E-state index in [4.69, 9.17) is 10.2 Å². The molecule has 13 heavy (non-hydrogen) atoms. The van der Waals surface area contributed by atoms with Crippen molar-refractivity contribution >= 4 is 27.7 Å². The molecule has 0 spiro atoms. The Hall–Kier alpha value is 0.490. The Labute approximate surface area is 92.5 Å². The van der Waals surface area contributed by atoms with Gasteiger partial charge in [0.15, 0.2) is 0 Å². The predicted octanol–water partition coefficient (Wildman–Crippen LogP) is 1.80. The highest BCUT2D eigenvalue weighted by molar-refractivity contribution is 9.09. The molecule has 1 atom stereocenters. The summed E-state index contributed by atoms with van der Waals surface area (Å²) in [4.78, 5) is 0. The summed E-state index contributed by atoms with van der Waals surface area (Å²) >= 11 is 5.01. The van der Waals surface area contributed by atoms with Crippen LogP contribution in [0.1, 0.15) is 13.3 Å². The molecule has 0 radical (unpaired) electrons. The van der Waals surface area contributed by atoms with E-state index >= 15 is 0 Å². The molecule has 0 aliphatic rings. The van der Waals surface area contributed by atoms with Crippen molar-refractivity contribution in [3.8, 4) is 0 Å². The van der Waals surface area contributed by atoms with Crippen LogP contribution in [-0.2, 0) is 0 Å². The summed E-state index contributed by atoms with van der Waals surface area (Å²) in [6.45, 7) is 1.96. The fraction of sp³-hybridized carbons (Fsp3) is 0.778. The third kappa shape index (κ3) is 8.81. The van der Waals surface area contributed by atoms with E-state index in [2.05, 4.69) is 28.9 Å². The van der Waals surface area contributed by atoms with E-state index < -0.39 is 6.10 Å². The van der Waals surface area contributed by atoms with Gasteiger partial charge in [0.1, 0.15) is 0 Å². The van der Waals surface area contributed by atoms with Crippen LogP contribution >= 0.6 is 27.7 Å². The average Bonchev–Trinajstić information content (AvgIpc) is 2.12. The first-order valence-corrected chi connectivity index (χ1v) is 6.56. The standard InChI is InChI=1S/C9H17BrO2S/c1-8(2-4-10)3-5-13-7-9(12)6-11/h3,9,11-12H,2,4-7H2,1H3/b8-3+/t9-/m0/s1. The maximum Gasteiger partial charge on any atom is 0.0861 e. The maximum atomic E-state index is 9.03. The minimum atomic E-state index is -0.574. The van der Waals surface area contributed by atoms with Gasteiger partial charge >= 0.3 is 0 Å². The maximum absolute atomic E-state index is 9.03. The fourth-order valence-electron chi connectivity index (χ4n) is 0.709. The van der Waals surface area contributed by atoms with Crippen LogP contribution in [0.25, 0.3) is 0 Å². The minimum Gasteiger partial charge on any atom is -0.394 e. The number of rotatable bonds is 7. The Morgan fingerprint density at radius 2 is 2.31 bits per heavy atom. The lowest BCUT2D eigenvalue weighted by Crippen LogP contribution is -2.14. The van der Waals surface area contributed by atoms with Crippen LogP contribution in [0.5, 0.6) is 0 Å². The highest BCUT2D eigenvalue weighted by Crippen LogP contribution is 2.08. The Bertz CT molecular complexity index is 151. The van der Waals surface area contributed by atoms with E-state index in [-0.39, 0.29) is 6.61 Å². The SMILES string of the molecule is C/C(=C\CSC[C@@H](O)CO)CCBr. The van der Waals surface area contributed by atoms with Crippen LogP contribution in [-0.4, -0.2) is 39.8 Å². The molecule has 0 heterocycles. The van der Waals surface area contributed by atoms with Gasteiger partial charge in [-0.2, -0.15) is 11.8 Å². The summed E-state index contributed by atoms with van der Waals surface area (Å²) in [7, 11) is 0. The van der Waals surface area contributed by atoms with Crippen molar-refractivity contribution in [2.45, 2.75) is 19.4 Å². The first-order valence-electron chi connectivity index (χ1n) is 4.29. The van der Waals surface area contributed by atoms with Crippen molar-refractivity contribution in [3.05, 3.63) is 11.6 Å². The molecule has 4 heteroatoms. The monoisotopic (exact) mass is 268 g/mol. The molecule has 78 valence electrons. The molecule has 0 saturated heterocycles. The molecule has 0 amide bonds. The minimum absolute atomic E-state index is 0.142. The van der Waals surface area contributed by atoms with Crippen LogP contribution in [0.4, 0.5) is 0 Å². The van der Waals surface area contributed by atoms with Crippen molar-refractivity contribution in [2.24, 2.45) is 0 Å². The van der Waals surface area contributed by atoms with E-state index in [9.17, 15) is 0 Å². The molecule has 0 unspecified atom stereocenters. The summed E-state index contributed by atoms with van der Waals surface area (Å²) in [5, 5.41) is 18.6. The first-order chi connectivity index (χ1) is 6.20. The van der Waals surface area contributed by atoms with Crippen molar-refractivity contribution in [3.63, 3.8) is 0 Å². The normalized spacial score (nSPS) is 14.6. The summed E-state index contributed by atoms with van der Waals surface area (Å²) in [6.07, 6.45) is 2.66. The molecule has 0 bridgehead atoms. The number of hydrogen-bond acceptors (Lipinski definition) is 3. The highest BCUT2D eigenvalue weighted by Gasteiger charge is 1.99. The second-order valence-electron chi connectivity index (χ2n) is 2.86. The Morgan fingerprint density at radius 1 is 1.62 bits per heavy atom. The number of thioether (sulfide) groups is 1. The van der Waals surface area contributed by atoms with Gasteiger partial charge in [0.05, 0.1) is 12.7 Å². The van der Waals surface area contributed by atoms with Gasteiger partial charge in [-0.25, -0.2) is 0 Å². The molecule has 0 aliphatic heterocycles. The molecule has 2 nitrogen and oxygen atoms in total. The van der Waals surface area contributed by atoms with Gasteiger partial charge in [-0.05, 0) is 13.3 Å². The number of aliphatic hydroxyl groups is 2. The van der Waals surface area contributed by atoms with E-state index in [0.29, 0.717) is 5.75 Å². The zero-order chi connectivity index (χ0) is 10.1. The first kappa shape index (κ1) is 13.5. The Balaban J connectivity index is 3.38. The van der Waals surface area contributed by atoms with Crippen LogP contribution in [0.15, 0.2) is 11.6 Å². The summed E-state index contributed by atoms with van der Waals surface area (Å²) in [6, 6.07) is 0. The van der Waals surface area contributed by atoms with Crippen LogP contribution in [0.3, 0.4) is 0 Å². The van der Waals surface area contributed by atoms with Crippen molar-refractivity contribution < 1.29 is 10.2 Å². The summed E-state index contributed by atoms with van der Waals surface area (Å²) in [5.41, 5.74) is 1.36. The van der Waals surface area contributed by atoms with E-state index in [1.807, 2.05) is 0 Å². The highest BCUT2D eigenvalue weighted by atomic mass is 79.9. The van der Waals surface area contributed by atoms with Crippen molar-refractivity contribution in [1.29, 1.82) is 0 Å². The quantitative estimate of drug-likeness (QED) is 0.420. The van der Waals surface area contributed by atoms with Gasteiger partial charge < -0.3 is 10.2 Å². The van der Waals surface area contributed by atoms with Crippen molar-refractivity contribution in [1.82, 2.24) is 0 Å². The van der Waals surface area contributed by atoms with E-state index in [1.54, 1.807) is 11.8 Å². The molecule has 0 saturated carbocycles. The van der Waals surface area contributed by atoms with Crippen LogP contribution in [0.2, 0.25) is 0 Å². The van der Waals surface area contributed by atoms with Gasteiger partial charge in [-0.1, -0.05) is 27.6 Å². The predicted molar refractivity (Wildman–Crippen MR) is 62.6 cm³/mol. The largest absolute Gasteiger partial charge is 0.394 e. The Morgan fingerprint density at radius 3 is 2.85 bits per heavy atom. The molecular formula is C9H17BrO2S. The summed E-state index contributed by atoms with van der Waals surface area (Å²) in [5.74, 6) is 1.52. The number of allylic oxidation sites excluding steroid dienone is 1. The number of aliphatic hydroxyl groups excluding tert-OH is 2. The lowest BCUT2D eigenvalue weighted by Gasteiger charge is -2.04. The van der Waals surface area contributed by atoms with Gasteiger partial charge in [0.2, 0.25) is 0 Å². The third-order valence-corrected chi connectivity index (χ3v) is 2.98. The summed E-state index contributed by atoms with van der Waals surface area (Å²) < 4.78 is 0. The smallest absolute Gasteiger partial charge is 0.0861 e. The number of hydrogen-bond donors (Lipinski definition) is 2. The van der Waals surface area contributed by atoms with Gasteiger partial charge in [-0.15, -0.1) is 0 Å². The second kappa shape index (κ2) is 9.06. The average molecular weight is 269 g/mol. The third-order valence-electron chi connectivity index (χ3n) is 1.56. The number of alkyl halides is 1. The molecular weight excluding hydrogens is 252 g/mol. The molecule has 2 N–H and O–H groups in total. The number of halogens is 1. The van der Waals surface area contributed by atoms with Gasteiger partial charge in [0.25, 0.3) is 0 Å². The molecule has 0 aromatic carbocycles. The lowest BCUT2D eigenvalue weighted by molar-refractivity contribution is 0.113. The second-order valence-corrected chi connectivity index (χ2v) is 4.73. The van der Waals surface area contributed by atoms with Gasteiger partial charge in [0, 0.05) is 16.8 Å². The van der Waals surface area contributed by atoms with Crippen LogP contribution in [0, 0.1) is 0 Å². The fourth-order valence-corrected chi connectivity index (χ4v) is 2.25. The molecule has 0 aromatic rings. The lowest BCUT2D eigenvalue weighted by atomic mass is 10.2. The van der Waals surface area contributed by atoms with Crippen LogP contribution < -0.4 is 0 Å². The zero-order valence-corrected chi connectivity index (χ0v) is 10.3. The van der Waals surface area contributed by atoms with E-state index in [0.717, 1.165) is 17.5 Å². The molecule has 0 aliphatic carbocycles. The van der Waals surface area contributed by atoms with Gasteiger partial charge in [-0.3, -0.25) is 0 Å². The molecule has 0 rings (SSSR count). The topological polar surface area (TPSA) is 40.5 Å². The van der Waals surface area contributed by atoms with Crippen molar-refractivity contribution in [2.75, 3.05) is 23.4 Å². The zero-order valence-electron chi connectivity index (χ0n) is 7.87. The molecule has 0 aromatic heterocycles. The molecule has 0 fully saturated rings. The Kier molecular flexibility index (Phi) is 9.40. The van der Waals surface area contributed by atoms with E-state index in [1.165, 1.54) is 5.57 Å².